The Hall–Kier alpha value is -1.78. The molecule has 1 amide bonds. The van der Waals surface area contributed by atoms with Crippen molar-refractivity contribution in [1.82, 2.24) is 5.32 Å². The zero-order valence-electron chi connectivity index (χ0n) is 10.4. The lowest BCUT2D eigenvalue weighted by molar-refractivity contribution is -0.120. The molecule has 0 aliphatic rings. The summed E-state index contributed by atoms with van der Waals surface area (Å²) in [6, 6.07) is 3.39. The fourth-order valence-corrected chi connectivity index (χ4v) is 1.46. The van der Waals surface area contributed by atoms with Crippen molar-refractivity contribution < 1.29 is 14.0 Å². The zero-order chi connectivity index (χ0) is 12.8. The van der Waals surface area contributed by atoms with E-state index in [1.54, 1.807) is 17.0 Å². The predicted octanol–water partition coefficient (Wildman–Crippen LogP) is 1.44. The maximum atomic E-state index is 11.6. The van der Waals surface area contributed by atoms with Crippen molar-refractivity contribution in [1.29, 1.82) is 0 Å². The molecule has 5 heteroatoms. The van der Waals surface area contributed by atoms with Crippen LogP contribution in [0.25, 0.3) is 0 Å². The van der Waals surface area contributed by atoms with Crippen molar-refractivity contribution in [2.24, 2.45) is 0 Å². The Morgan fingerprint density at radius 1 is 1.53 bits per heavy atom. The number of carbonyl (C=O) groups is 2. The van der Waals surface area contributed by atoms with Crippen LogP contribution in [0.2, 0.25) is 0 Å². The summed E-state index contributed by atoms with van der Waals surface area (Å²) in [5, 5.41) is 2.81. The van der Waals surface area contributed by atoms with Crippen molar-refractivity contribution in [3.05, 3.63) is 17.9 Å². The number of carbonyl (C=O) groups excluding carboxylic acids is 2. The minimum absolute atomic E-state index is 0.0640. The van der Waals surface area contributed by atoms with Gasteiger partial charge in [-0.3, -0.25) is 9.59 Å². The molecule has 0 atom stereocenters. The predicted molar refractivity (Wildman–Crippen MR) is 65.3 cm³/mol. The molecule has 1 aromatic heterocycles. The molecule has 1 aromatic rings. The third-order valence-electron chi connectivity index (χ3n) is 2.21. The summed E-state index contributed by atoms with van der Waals surface area (Å²) in [6.07, 6.45) is 0.644. The first kappa shape index (κ1) is 13.3. The molecule has 94 valence electrons. The molecule has 0 fully saturated rings. The first-order valence-corrected chi connectivity index (χ1v) is 5.66. The minimum atomic E-state index is -0.0640. The second-order valence-electron chi connectivity index (χ2n) is 4.03. The Labute approximate surface area is 101 Å². The number of likely N-dealkylation sites (N-methyl/N-ethyl adjacent to an activating group) is 1. The Morgan fingerprint density at radius 2 is 2.24 bits per heavy atom. The lowest BCUT2D eigenvalue weighted by atomic mass is 10.3. The summed E-state index contributed by atoms with van der Waals surface area (Å²) in [5.74, 6) is 0.738. The number of aldehydes is 1. The number of furan rings is 1. The summed E-state index contributed by atoms with van der Waals surface area (Å²) in [4.78, 5) is 23.9. The third-order valence-corrected chi connectivity index (χ3v) is 2.21. The van der Waals surface area contributed by atoms with Crippen LogP contribution in [-0.2, 0) is 4.79 Å². The molecule has 1 rings (SSSR count). The topological polar surface area (TPSA) is 62.6 Å². The van der Waals surface area contributed by atoms with Gasteiger partial charge in [0, 0.05) is 18.7 Å². The maximum absolute atomic E-state index is 11.6. The van der Waals surface area contributed by atoms with Crippen molar-refractivity contribution in [2.75, 3.05) is 18.0 Å². The van der Waals surface area contributed by atoms with Gasteiger partial charge in [-0.15, -0.1) is 0 Å². The number of anilines is 1. The quantitative estimate of drug-likeness (QED) is 0.762. The highest BCUT2D eigenvalue weighted by Gasteiger charge is 2.13. The number of hydrogen-bond donors (Lipinski definition) is 1. The van der Waals surface area contributed by atoms with Gasteiger partial charge < -0.3 is 14.6 Å². The van der Waals surface area contributed by atoms with E-state index >= 15 is 0 Å². The normalized spacial score (nSPS) is 10.4. The van der Waals surface area contributed by atoms with Crippen LogP contribution < -0.4 is 10.2 Å². The minimum Gasteiger partial charge on any atom is -0.438 e. The van der Waals surface area contributed by atoms with E-state index < -0.39 is 0 Å². The van der Waals surface area contributed by atoms with Gasteiger partial charge in [0.15, 0.2) is 17.9 Å². The summed E-state index contributed by atoms with van der Waals surface area (Å²) in [5.41, 5.74) is 0. The lowest BCUT2D eigenvalue weighted by Gasteiger charge is -2.20. The summed E-state index contributed by atoms with van der Waals surface area (Å²) >= 11 is 0. The molecule has 0 aliphatic heterocycles. The largest absolute Gasteiger partial charge is 0.438 e. The van der Waals surface area contributed by atoms with Gasteiger partial charge in [0.1, 0.15) is 0 Å². The molecule has 0 aliphatic carbocycles. The number of rotatable bonds is 6. The maximum Gasteiger partial charge on any atom is 0.239 e. The van der Waals surface area contributed by atoms with Crippen LogP contribution in [0.5, 0.6) is 0 Å². The Kier molecular flexibility index (Phi) is 4.75. The summed E-state index contributed by atoms with van der Waals surface area (Å²) in [6.45, 7) is 6.60. The van der Waals surface area contributed by atoms with E-state index in [9.17, 15) is 9.59 Å². The van der Waals surface area contributed by atoms with E-state index in [4.69, 9.17) is 4.42 Å². The van der Waals surface area contributed by atoms with Crippen LogP contribution in [0, 0.1) is 0 Å². The second-order valence-corrected chi connectivity index (χ2v) is 4.03. The molecule has 1 N–H and O–H groups in total. The lowest BCUT2D eigenvalue weighted by Crippen LogP contribution is -2.40. The van der Waals surface area contributed by atoms with E-state index in [2.05, 4.69) is 5.32 Å². The van der Waals surface area contributed by atoms with Crippen molar-refractivity contribution in [3.8, 4) is 0 Å². The molecule has 0 aromatic carbocycles. The van der Waals surface area contributed by atoms with Gasteiger partial charge in [-0.05, 0) is 26.8 Å². The van der Waals surface area contributed by atoms with Gasteiger partial charge in [-0.2, -0.15) is 0 Å². The number of amides is 1. The summed E-state index contributed by atoms with van der Waals surface area (Å²) < 4.78 is 5.27. The zero-order valence-corrected chi connectivity index (χ0v) is 10.4. The van der Waals surface area contributed by atoms with Gasteiger partial charge in [-0.25, -0.2) is 0 Å². The van der Waals surface area contributed by atoms with Crippen LogP contribution in [0.3, 0.4) is 0 Å². The van der Waals surface area contributed by atoms with E-state index in [0.717, 1.165) is 0 Å². The first-order valence-electron chi connectivity index (χ1n) is 5.66. The highest BCUT2D eigenvalue weighted by molar-refractivity contribution is 5.81. The summed E-state index contributed by atoms with van der Waals surface area (Å²) in [7, 11) is 0. The molecule has 0 unspecified atom stereocenters. The molecular weight excluding hydrogens is 220 g/mol. The smallest absolute Gasteiger partial charge is 0.239 e. The van der Waals surface area contributed by atoms with E-state index in [-0.39, 0.29) is 24.3 Å². The van der Waals surface area contributed by atoms with Crippen LogP contribution >= 0.6 is 0 Å². The van der Waals surface area contributed by atoms with Gasteiger partial charge in [0.25, 0.3) is 0 Å². The fourth-order valence-electron chi connectivity index (χ4n) is 1.46. The average Bonchev–Trinajstić information content (AvgIpc) is 2.73. The molecule has 0 saturated carbocycles. The van der Waals surface area contributed by atoms with Crippen LogP contribution in [0.15, 0.2) is 16.5 Å². The molecule has 0 bridgehead atoms. The molecule has 1 heterocycles. The van der Waals surface area contributed by atoms with E-state index in [1.165, 1.54) is 0 Å². The van der Waals surface area contributed by atoms with Gasteiger partial charge in [0.05, 0.1) is 6.54 Å². The monoisotopic (exact) mass is 238 g/mol. The Balaban J connectivity index is 2.65. The van der Waals surface area contributed by atoms with Crippen molar-refractivity contribution in [3.63, 3.8) is 0 Å². The molecule has 0 saturated heterocycles. The number of hydrogen-bond acceptors (Lipinski definition) is 4. The Morgan fingerprint density at radius 3 is 2.71 bits per heavy atom. The molecule has 0 spiro atoms. The molecule has 0 radical (unpaired) electrons. The van der Waals surface area contributed by atoms with Gasteiger partial charge in [-0.1, -0.05) is 0 Å². The SMILES string of the molecule is CCN(CC(=O)NC(C)C)c1ccc(C=O)o1. The molecule has 5 nitrogen and oxygen atoms in total. The number of nitrogens with zero attached hydrogens (tertiary/aromatic N) is 1. The van der Waals surface area contributed by atoms with Crippen LogP contribution in [-0.4, -0.2) is 31.3 Å². The second kappa shape index (κ2) is 6.08. The third kappa shape index (κ3) is 3.94. The van der Waals surface area contributed by atoms with E-state index in [1.807, 2.05) is 20.8 Å². The molecule has 17 heavy (non-hydrogen) atoms. The molecular formula is C12H18N2O3. The van der Waals surface area contributed by atoms with Gasteiger partial charge in [0.2, 0.25) is 5.91 Å². The van der Waals surface area contributed by atoms with Crippen LogP contribution in [0.4, 0.5) is 5.88 Å². The highest BCUT2D eigenvalue weighted by Crippen LogP contribution is 2.16. The van der Waals surface area contributed by atoms with Crippen molar-refractivity contribution in [2.45, 2.75) is 26.8 Å². The van der Waals surface area contributed by atoms with Crippen molar-refractivity contribution >= 4 is 18.1 Å². The first-order chi connectivity index (χ1) is 8.06. The highest BCUT2D eigenvalue weighted by atomic mass is 16.4. The van der Waals surface area contributed by atoms with E-state index in [0.29, 0.717) is 18.7 Å². The average molecular weight is 238 g/mol. The fraction of sp³-hybridized carbons (Fsp3) is 0.500. The standard InChI is InChI=1S/C12H18N2O3/c1-4-14(7-11(16)13-9(2)3)12-6-5-10(8-15)17-12/h5-6,8-9H,4,7H2,1-3H3,(H,13,16). The Bertz CT molecular complexity index is 385. The van der Waals surface area contributed by atoms with Crippen LogP contribution in [0.1, 0.15) is 31.3 Å². The van der Waals surface area contributed by atoms with Gasteiger partial charge >= 0.3 is 0 Å². The number of nitrogens with one attached hydrogen (secondary N) is 1.